The molecular weight excluding hydrogens is 366 g/mol. The largest absolute Gasteiger partial charge is 0.496 e. The number of rotatable bonds is 6. The predicted octanol–water partition coefficient (Wildman–Crippen LogP) is 3.73. The fraction of sp³-hybridized carbons (Fsp3) is 0.522. The first-order valence-corrected chi connectivity index (χ1v) is 10.4. The van der Waals surface area contributed by atoms with E-state index in [0.29, 0.717) is 24.3 Å². The zero-order valence-electron chi connectivity index (χ0n) is 18.1. The highest BCUT2D eigenvalue weighted by molar-refractivity contribution is 5.99. The summed E-state index contributed by atoms with van der Waals surface area (Å²) in [4.78, 5) is 28.0. The molecule has 0 aliphatic carbocycles. The molecule has 0 radical (unpaired) electrons. The Hall–Kier alpha value is -2.63. The fourth-order valence-corrected chi connectivity index (χ4v) is 4.29. The van der Waals surface area contributed by atoms with Gasteiger partial charge in [0.05, 0.1) is 12.8 Å². The predicted molar refractivity (Wildman–Crippen MR) is 113 cm³/mol. The van der Waals surface area contributed by atoms with Crippen molar-refractivity contribution in [1.82, 2.24) is 14.7 Å². The maximum atomic E-state index is 13.2. The van der Waals surface area contributed by atoms with Gasteiger partial charge in [0.15, 0.2) is 5.78 Å². The Morgan fingerprint density at radius 2 is 1.90 bits per heavy atom. The number of hydrogen-bond acceptors (Lipinski definition) is 4. The maximum absolute atomic E-state index is 13.2. The first kappa shape index (κ1) is 21.1. The van der Waals surface area contributed by atoms with E-state index >= 15 is 0 Å². The number of aryl methyl sites for hydroxylation is 4. The Morgan fingerprint density at radius 1 is 1.21 bits per heavy atom. The van der Waals surface area contributed by atoms with Gasteiger partial charge in [-0.3, -0.25) is 14.3 Å². The highest BCUT2D eigenvalue weighted by Crippen LogP contribution is 2.28. The lowest BCUT2D eigenvalue weighted by molar-refractivity contribution is 0.0628. The second-order valence-corrected chi connectivity index (χ2v) is 7.99. The van der Waals surface area contributed by atoms with Gasteiger partial charge in [0.1, 0.15) is 11.4 Å². The number of hydrogen-bond donors (Lipinski definition) is 0. The molecule has 1 aliphatic heterocycles. The summed E-state index contributed by atoms with van der Waals surface area (Å²) in [5, 5.41) is 4.44. The lowest BCUT2D eigenvalue weighted by Crippen LogP contribution is -2.43. The summed E-state index contributed by atoms with van der Waals surface area (Å²) in [5.41, 5.74) is 4.14. The van der Waals surface area contributed by atoms with Crippen LogP contribution in [0, 0.1) is 19.8 Å². The van der Waals surface area contributed by atoms with Crippen LogP contribution < -0.4 is 4.74 Å². The van der Waals surface area contributed by atoms with Gasteiger partial charge >= 0.3 is 0 Å². The molecule has 2 heterocycles. The van der Waals surface area contributed by atoms with E-state index in [0.717, 1.165) is 48.3 Å². The number of carbonyl (C=O) groups excluding carboxylic acids is 2. The highest BCUT2D eigenvalue weighted by Gasteiger charge is 2.31. The summed E-state index contributed by atoms with van der Waals surface area (Å²) >= 11 is 0. The lowest BCUT2D eigenvalue weighted by Gasteiger charge is -2.32. The molecule has 1 aromatic carbocycles. The van der Waals surface area contributed by atoms with Crippen molar-refractivity contribution in [2.75, 3.05) is 20.2 Å². The number of aromatic nitrogens is 2. The van der Waals surface area contributed by atoms with Crippen molar-refractivity contribution in [3.05, 3.63) is 46.3 Å². The Labute approximate surface area is 172 Å². The van der Waals surface area contributed by atoms with E-state index in [9.17, 15) is 9.59 Å². The maximum Gasteiger partial charge on any atom is 0.272 e. The summed E-state index contributed by atoms with van der Waals surface area (Å²) < 4.78 is 7.07. The van der Waals surface area contributed by atoms with Crippen molar-refractivity contribution in [2.45, 2.75) is 46.5 Å². The van der Waals surface area contributed by atoms with Crippen molar-refractivity contribution in [2.24, 2.45) is 13.0 Å². The van der Waals surface area contributed by atoms with Crippen LogP contribution in [0.15, 0.2) is 18.2 Å². The number of nitrogens with zero attached hydrogens (tertiary/aromatic N) is 3. The molecule has 2 aromatic rings. The SMILES string of the molecule is CCCc1cc(C(=O)N2CCC[C@H](C(=O)c3cc(C)c(OC)c(C)c3)C2)n(C)n1. The standard InChI is InChI=1S/C23H31N3O3/c1-6-8-19-13-20(25(4)24-19)23(28)26-10-7-9-17(14-26)21(27)18-11-15(2)22(29-5)16(3)12-18/h11-13,17H,6-10,14H2,1-5H3/t17-/m0/s1. The van der Waals surface area contributed by atoms with E-state index < -0.39 is 0 Å². The van der Waals surface area contributed by atoms with Crippen molar-refractivity contribution in [1.29, 1.82) is 0 Å². The van der Waals surface area contributed by atoms with Gasteiger partial charge < -0.3 is 9.64 Å². The van der Waals surface area contributed by atoms with Gasteiger partial charge in [-0.1, -0.05) is 13.3 Å². The van der Waals surface area contributed by atoms with Gasteiger partial charge in [-0.05, 0) is 62.4 Å². The van der Waals surface area contributed by atoms with Crippen LogP contribution in [0.3, 0.4) is 0 Å². The molecule has 0 unspecified atom stereocenters. The van der Waals surface area contributed by atoms with Gasteiger partial charge in [-0.2, -0.15) is 5.10 Å². The molecule has 6 heteroatoms. The van der Waals surface area contributed by atoms with Gasteiger partial charge in [0.2, 0.25) is 0 Å². The lowest BCUT2D eigenvalue weighted by atomic mass is 9.88. The molecule has 0 N–H and O–H groups in total. The van der Waals surface area contributed by atoms with Gasteiger partial charge in [0.25, 0.3) is 5.91 Å². The monoisotopic (exact) mass is 397 g/mol. The summed E-state index contributed by atoms with van der Waals surface area (Å²) in [7, 11) is 3.45. The summed E-state index contributed by atoms with van der Waals surface area (Å²) in [5.74, 6) is 0.708. The summed E-state index contributed by atoms with van der Waals surface area (Å²) in [6, 6.07) is 5.67. The van der Waals surface area contributed by atoms with Crippen molar-refractivity contribution < 1.29 is 14.3 Å². The second kappa shape index (κ2) is 8.80. The molecule has 1 saturated heterocycles. The molecule has 156 valence electrons. The van der Waals surface area contributed by atoms with Crippen LogP contribution in [0.5, 0.6) is 5.75 Å². The number of piperidine rings is 1. The Balaban J connectivity index is 1.77. The minimum absolute atomic E-state index is 0.0399. The number of ether oxygens (including phenoxy) is 1. The molecule has 0 saturated carbocycles. The Morgan fingerprint density at radius 3 is 2.52 bits per heavy atom. The van der Waals surface area contributed by atoms with E-state index in [4.69, 9.17) is 4.74 Å². The van der Waals surface area contributed by atoms with Gasteiger partial charge in [-0.15, -0.1) is 0 Å². The number of benzene rings is 1. The smallest absolute Gasteiger partial charge is 0.272 e. The number of carbonyl (C=O) groups is 2. The number of amides is 1. The zero-order chi connectivity index (χ0) is 21.1. The third-order valence-corrected chi connectivity index (χ3v) is 5.68. The number of ketones is 1. The van der Waals surface area contributed by atoms with E-state index in [-0.39, 0.29) is 17.6 Å². The van der Waals surface area contributed by atoms with E-state index in [2.05, 4.69) is 12.0 Å². The van der Waals surface area contributed by atoms with Crippen molar-refractivity contribution in [3.8, 4) is 5.75 Å². The molecule has 0 bridgehead atoms. The number of Topliss-reactive ketones (excluding diaryl/α,β-unsaturated/α-hetero) is 1. The number of likely N-dealkylation sites (tertiary alicyclic amines) is 1. The second-order valence-electron chi connectivity index (χ2n) is 7.99. The van der Waals surface area contributed by atoms with Crippen LogP contribution in [0.2, 0.25) is 0 Å². The number of methoxy groups -OCH3 is 1. The molecular formula is C23H31N3O3. The van der Waals surface area contributed by atoms with Crippen LogP contribution in [-0.2, 0) is 13.5 Å². The molecule has 1 aromatic heterocycles. The van der Waals surface area contributed by atoms with E-state index in [1.165, 1.54) is 0 Å². The van der Waals surface area contributed by atoms with Crippen LogP contribution in [0.4, 0.5) is 0 Å². The van der Waals surface area contributed by atoms with Crippen LogP contribution in [0.25, 0.3) is 0 Å². The van der Waals surface area contributed by atoms with Crippen molar-refractivity contribution in [3.63, 3.8) is 0 Å². The summed E-state index contributed by atoms with van der Waals surface area (Å²) in [6.45, 7) is 7.14. The minimum Gasteiger partial charge on any atom is -0.496 e. The van der Waals surface area contributed by atoms with E-state index in [1.54, 1.807) is 11.8 Å². The average molecular weight is 398 g/mol. The van der Waals surface area contributed by atoms with Gasteiger partial charge in [0, 0.05) is 31.6 Å². The van der Waals surface area contributed by atoms with Gasteiger partial charge in [-0.25, -0.2) is 0 Å². The first-order chi connectivity index (χ1) is 13.8. The summed E-state index contributed by atoms with van der Waals surface area (Å²) in [6.07, 6.45) is 3.49. The first-order valence-electron chi connectivity index (χ1n) is 10.4. The molecule has 3 rings (SSSR count). The van der Waals surface area contributed by atoms with Crippen molar-refractivity contribution >= 4 is 11.7 Å². The fourth-order valence-electron chi connectivity index (χ4n) is 4.29. The zero-order valence-corrected chi connectivity index (χ0v) is 18.1. The molecule has 29 heavy (non-hydrogen) atoms. The van der Waals surface area contributed by atoms with Crippen LogP contribution in [0.1, 0.15) is 63.9 Å². The topological polar surface area (TPSA) is 64.4 Å². The molecule has 1 atom stereocenters. The Bertz CT molecular complexity index is 893. The molecule has 1 fully saturated rings. The third kappa shape index (κ3) is 4.36. The highest BCUT2D eigenvalue weighted by atomic mass is 16.5. The van der Waals surface area contributed by atoms with Crippen LogP contribution >= 0.6 is 0 Å². The average Bonchev–Trinajstić information content (AvgIpc) is 3.07. The van der Waals surface area contributed by atoms with E-state index in [1.807, 2.05) is 44.0 Å². The minimum atomic E-state index is -0.178. The molecule has 6 nitrogen and oxygen atoms in total. The third-order valence-electron chi connectivity index (χ3n) is 5.68. The van der Waals surface area contributed by atoms with Crippen LogP contribution in [-0.4, -0.2) is 46.6 Å². The molecule has 0 spiro atoms. The quantitative estimate of drug-likeness (QED) is 0.697. The normalized spacial score (nSPS) is 16.7. The molecule has 1 aliphatic rings. The molecule has 1 amide bonds. The Kier molecular flexibility index (Phi) is 6.40.